The van der Waals surface area contributed by atoms with Crippen LogP contribution in [0, 0.1) is 17.0 Å². The van der Waals surface area contributed by atoms with E-state index in [2.05, 4.69) is 21.2 Å². The molecule has 0 aliphatic carbocycles. The zero-order chi connectivity index (χ0) is 19.1. The van der Waals surface area contributed by atoms with Gasteiger partial charge in [0.05, 0.1) is 10.7 Å². The van der Waals surface area contributed by atoms with Crippen LogP contribution in [-0.2, 0) is 14.3 Å². The molecule has 0 heterocycles. The number of carbonyl (C=O) groups is 2. The Morgan fingerprint density at radius 3 is 2.54 bits per heavy atom. The molecule has 0 unspecified atom stereocenters. The van der Waals surface area contributed by atoms with E-state index in [4.69, 9.17) is 4.74 Å². The molecule has 2 aromatic carbocycles. The predicted molar refractivity (Wildman–Crippen MR) is 102 cm³/mol. The van der Waals surface area contributed by atoms with Gasteiger partial charge in [0.2, 0.25) is 0 Å². The zero-order valence-electron chi connectivity index (χ0n) is 13.7. The van der Waals surface area contributed by atoms with Gasteiger partial charge in [-0.15, -0.1) is 11.8 Å². The van der Waals surface area contributed by atoms with E-state index < -0.39 is 23.4 Å². The molecule has 0 atom stereocenters. The Kier molecular flexibility index (Phi) is 7.16. The third-order valence-electron chi connectivity index (χ3n) is 3.21. The fourth-order valence-corrected chi connectivity index (χ4v) is 3.25. The first kappa shape index (κ1) is 19.9. The van der Waals surface area contributed by atoms with E-state index in [0.29, 0.717) is 5.69 Å². The van der Waals surface area contributed by atoms with Gasteiger partial charge < -0.3 is 10.1 Å². The van der Waals surface area contributed by atoms with Crippen LogP contribution in [0.1, 0.15) is 5.56 Å². The topological polar surface area (TPSA) is 98.5 Å². The highest BCUT2D eigenvalue weighted by molar-refractivity contribution is 9.10. The minimum absolute atomic E-state index is 0.0744. The second kappa shape index (κ2) is 9.35. The lowest BCUT2D eigenvalue weighted by Gasteiger charge is -2.08. The van der Waals surface area contributed by atoms with E-state index >= 15 is 0 Å². The number of ether oxygens (including phenoxy) is 1. The molecule has 2 aromatic rings. The minimum Gasteiger partial charge on any atom is -0.455 e. The average molecular weight is 439 g/mol. The van der Waals surface area contributed by atoms with Gasteiger partial charge in [0.25, 0.3) is 11.6 Å². The number of carbonyl (C=O) groups excluding carboxylic acids is 2. The maximum absolute atomic E-state index is 11.8. The van der Waals surface area contributed by atoms with Crippen molar-refractivity contribution in [3.8, 4) is 0 Å². The molecule has 0 radical (unpaired) electrons. The van der Waals surface area contributed by atoms with E-state index in [-0.39, 0.29) is 11.4 Å². The fraction of sp³-hybridized carbons (Fsp3) is 0.176. The summed E-state index contributed by atoms with van der Waals surface area (Å²) in [5.74, 6) is -0.930. The van der Waals surface area contributed by atoms with Gasteiger partial charge >= 0.3 is 5.97 Å². The van der Waals surface area contributed by atoms with Crippen molar-refractivity contribution >= 4 is 50.9 Å². The second-order valence-corrected chi connectivity index (χ2v) is 7.14. The molecule has 0 spiro atoms. The van der Waals surface area contributed by atoms with Crippen molar-refractivity contribution in [2.75, 3.05) is 17.7 Å². The normalized spacial score (nSPS) is 10.2. The molecule has 136 valence electrons. The summed E-state index contributed by atoms with van der Waals surface area (Å²) < 4.78 is 5.90. The summed E-state index contributed by atoms with van der Waals surface area (Å²) >= 11 is 4.71. The van der Waals surface area contributed by atoms with E-state index in [9.17, 15) is 19.7 Å². The molecule has 0 aliphatic heterocycles. The van der Waals surface area contributed by atoms with Gasteiger partial charge in [0.15, 0.2) is 6.61 Å². The van der Waals surface area contributed by atoms with Crippen LogP contribution in [0.2, 0.25) is 0 Å². The van der Waals surface area contributed by atoms with E-state index in [0.717, 1.165) is 14.9 Å². The molecular formula is C17H15BrN2O5S. The van der Waals surface area contributed by atoms with Gasteiger partial charge in [-0.05, 0) is 42.8 Å². The number of halogens is 1. The maximum atomic E-state index is 11.8. The zero-order valence-corrected chi connectivity index (χ0v) is 16.1. The highest BCUT2D eigenvalue weighted by Gasteiger charge is 2.11. The number of esters is 1. The lowest BCUT2D eigenvalue weighted by atomic mass is 10.2. The summed E-state index contributed by atoms with van der Waals surface area (Å²) in [7, 11) is 0. The summed E-state index contributed by atoms with van der Waals surface area (Å²) in [4.78, 5) is 34.5. The molecule has 0 saturated heterocycles. The standard InChI is InChI=1S/C17H15BrN2O5S/c1-11-8-12(18)2-7-15(11)26-10-17(22)25-9-16(21)19-13-3-5-14(6-4-13)20(23)24/h2-8H,9-10H2,1H3,(H,19,21). The Balaban J connectivity index is 1.76. The largest absolute Gasteiger partial charge is 0.455 e. The summed E-state index contributed by atoms with van der Waals surface area (Å²) in [6, 6.07) is 11.1. The number of hydrogen-bond acceptors (Lipinski definition) is 6. The van der Waals surface area contributed by atoms with Crippen molar-refractivity contribution in [1.82, 2.24) is 0 Å². The maximum Gasteiger partial charge on any atom is 0.316 e. The fourth-order valence-electron chi connectivity index (χ4n) is 1.96. The number of aryl methyl sites for hydroxylation is 1. The molecule has 0 saturated carbocycles. The first-order chi connectivity index (χ1) is 12.3. The lowest BCUT2D eigenvalue weighted by Crippen LogP contribution is -2.21. The first-order valence-electron chi connectivity index (χ1n) is 7.44. The average Bonchev–Trinajstić information content (AvgIpc) is 2.59. The van der Waals surface area contributed by atoms with Crippen molar-refractivity contribution in [3.63, 3.8) is 0 Å². The smallest absolute Gasteiger partial charge is 0.316 e. The Bertz CT molecular complexity index is 826. The van der Waals surface area contributed by atoms with Crippen LogP contribution in [-0.4, -0.2) is 29.2 Å². The number of nitrogens with zero attached hydrogens (tertiary/aromatic N) is 1. The second-order valence-electron chi connectivity index (χ2n) is 5.21. The summed E-state index contributed by atoms with van der Waals surface area (Å²) in [5.41, 5.74) is 1.35. The number of hydrogen-bond donors (Lipinski definition) is 1. The van der Waals surface area contributed by atoms with Crippen LogP contribution in [0.15, 0.2) is 51.8 Å². The van der Waals surface area contributed by atoms with Crippen LogP contribution < -0.4 is 5.32 Å². The van der Waals surface area contributed by atoms with E-state index in [1.54, 1.807) is 0 Å². The lowest BCUT2D eigenvalue weighted by molar-refractivity contribution is -0.384. The Hall–Kier alpha value is -2.39. The van der Waals surface area contributed by atoms with Crippen LogP contribution in [0.3, 0.4) is 0 Å². The number of non-ortho nitro benzene ring substituents is 1. The molecule has 1 amide bonds. The van der Waals surface area contributed by atoms with Crippen molar-refractivity contribution in [2.45, 2.75) is 11.8 Å². The van der Waals surface area contributed by atoms with Gasteiger partial charge in [-0.1, -0.05) is 15.9 Å². The van der Waals surface area contributed by atoms with Crippen LogP contribution >= 0.6 is 27.7 Å². The number of nitro groups is 1. The molecular weight excluding hydrogens is 424 g/mol. The van der Waals surface area contributed by atoms with Crippen molar-refractivity contribution in [3.05, 3.63) is 62.6 Å². The Morgan fingerprint density at radius 2 is 1.92 bits per heavy atom. The third kappa shape index (κ3) is 6.16. The van der Waals surface area contributed by atoms with Crippen LogP contribution in [0.5, 0.6) is 0 Å². The summed E-state index contributed by atoms with van der Waals surface area (Å²) in [6.07, 6.45) is 0. The number of anilines is 1. The molecule has 26 heavy (non-hydrogen) atoms. The molecule has 0 aromatic heterocycles. The highest BCUT2D eigenvalue weighted by atomic mass is 79.9. The van der Waals surface area contributed by atoms with Crippen LogP contribution in [0.4, 0.5) is 11.4 Å². The monoisotopic (exact) mass is 438 g/mol. The summed E-state index contributed by atoms with van der Waals surface area (Å²) in [5, 5.41) is 13.1. The van der Waals surface area contributed by atoms with Crippen LogP contribution in [0.25, 0.3) is 0 Å². The van der Waals surface area contributed by atoms with E-state index in [1.807, 2.05) is 25.1 Å². The Morgan fingerprint density at radius 1 is 1.23 bits per heavy atom. The molecule has 0 fully saturated rings. The molecule has 1 N–H and O–H groups in total. The molecule has 2 rings (SSSR count). The van der Waals surface area contributed by atoms with Crippen molar-refractivity contribution < 1.29 is 19.2 Å². The predicted octanol–water partition coefficient (Wildman–Crippen LogP) is 3.94. The molecule has 0 aliphatic rings. The van der Waals surface area contributed by atoms with Gasteiger partial charge in [0, 0.05) is 27.2 Å². The molecule has 9 heteroatoms. The number of rotatable bonds is 7. The SMILES string of the molecule is Cc1cc(Br)ccc1SCC(=O)OCC(=O)Nc1ccc([N+](=O)[O-])cc1. The van der Waals surface area contributed by atoms with Gasteiger partial charge in [-0.2, -0.15) is 0 Å². The third-order valence-corrected chi connectivity index (χ3v) is 4.85. The quantitative estimate of drug-likeness (QED) is 0.304. The molecule has 0 bridgehead atoms. The molecule has 7 nitrogen and oxygen atoms in total. The highest BCUT2D eigenvalue weighted by Crippen LogP contribution is 2.25. The van der Waals surface area contributed by atoms with Gasteiger partial charge in [-0.3, -0.25) is 19.7 Å². The Labute approximate surface area is 162 Å². The van der Waals surface area contributed by atoms with Gasteiger partial charge in [-0.25, -0.2) is 0 Å². The van der Waals surface area contributed by atoms with Gasteiger partial charge in [0.1, 0.15) is 0 Å². The first-order valence-corrected chi connectivity index (χ1v) is 9.22. The number of nitro benzene ring substituents is 1. The summed E-state index contributed by atoms with van der Waals surface area (Å²) in [6.45, 7) is 1.52. The number of nitrogens with one attached hydrogen (secondary N) is 1. The number of thioether (sulfide) groups is 1. The minimum atomic E-state index is -0.530. The van der Waals surface area contributed by atoms with Crippen molar-refractivity contribution in [2.24, 2.45) is 0 Å². The van der Waals surface area contributed by atoms with Crippen molar-refractivity contribution in [1.29, 1.82) is 0 Å². The van der Waals surface area contributed by atoms with E-state index in [1.165, 1.54) is 36.0 Å². The number of benzene rings is 2. The number of amides is 1.